The summed E-state index contributed by atoms with van der Waals surface area (Å²) in [6.45, 7) is 0. The molecular formula is C29H22ClF3N2O2. The van der Waals surface area contributed by atoms with E-state index in [4.69, 9.17) is 16.7 Å². The minimum Gasteiger partial charge on any atom is -0.478 e. The first kappa shape index (κ1) is 24.8. The lowest BCUT2D eigenvalue weighted by atomic mass is 9.73. The summed E-state index contributed by atoms with van der Waals surface area (Å²) in [4.78, 5) is 15.2. The second kappa shape index (κ2) is 9.90. The average Bonchev–Trinajstić information content (AvgIpc) is 3.29. The molecule has 0 saturated heterocycles. The minimum absolute atomic E-state index is 0.0546. The number of nitrogens with zero attached hydrogens (tertiary/aromatic N) is 2. The van der Waals surface area contributed by atoms with E-state index in [1.165, 1.54) is 12.1 Å². The number of imidazole rings is 1. The first-order chi connectivity index (χ1) is 17.7. The molecule has 1 fully saturated rings. The molecule has 2 heterocycles. The monoisotopic (exact) mass is 522 g/mol. The molecule has 1 aliphatic rings. The van der Waals surface area contributed by atoms with Crippen LogP contribution in [0.1, 0.15) is 47.1 Å². The molecule has 4 aromatic rings. The standard InChI is InChI=1S/C29H22ClF3N2O2/c30-24-16-22(29(31,32)33)10-11-23(24)28(19-2-1-3-19)27(21-9-12-25-34-14-15-35(25)17-21)20-7-4-18(5-8-20)6-13-26(36)37/h4-17,19H,1-3H2,(H,36,37)/b13-6+,28-27+. The van der Waals surface area contributed by atoms with Gasteiger partial charge in [0.25, 0.3) is 0 Å². The molecule has 0 spiro atoms. The van der Waals surface area contributed by atoms with Gasteiger partial charge in [0.1, 0.15) is 5.65 Å². The number of benzene rings is 2. The quantitative estimate of drug-likeness (QED) is 0.207. The molecule has 0 aliphatic heterocycles. The van der Waals surface area contributed by atoms with Gasteiger partial charge in [-0.1, -0.05) is 48.4 Å². The van der Waals surface area contributed by atoms with Crippen molar-refractivity contribution in [1.82, 2.24) is 9.38 Å². The first-order valence-electron chi connectivity index (χ1n) is 11.8. The van der Waals surface area contributed by atoms with Crippen LogP contribution in [0.15, 0.2) is 79.3 Å². The first-order valence-corrected chi connectivity index (χ1v) is 12.1. The Hall–Kier alpha value is -3.84. The number of aliphatic carboxylic acids is 1. The van der Waals surface area contributed by atoms with Crippen molar-refractivity contribution in [2.45, 2.75) is 25.4 Å². The molecule has 0 radical (unpaired) electrons. The minimum atomic E-state index is -4.49. The van der Waals surface area contributed by atoms with E-state index in [0.29, 0.717) is 11.1 Å². The number of aromatic nitrogens is 2. The summed E-state index contributed by atoms with van der Waals surface area (Å²) < 4.78 is 42.0. The normalized spacial score (nSPS) is 15.1. The number of hydrogen-bond donors (Lipinski definition) is 1. The summed E-state index contributed by atoms with van der Waals surface area (Å²) in [7, 11) is 0. The summed E-state index contributed by atoms with van der Waals surface area (Å²) >= 11 is 6.53. The van der Waals surface area contributed by atoms with E-state index in [1.807, 2.05) is 53.2 Å². The molecule has 37 heavy (non-hydrogen) atoms. The maximum absolute atomic E-state index is 13.4. The highest BCUT2D eigenvalue weighted by Gasteiger charge is 2.33. The fraction of sp³-hybridized carbons (Fsp3) is 0.172. The molecule has 1 aliphatic carbocycles. The number of carbonyl (C=O) groups is 1. The van der Waals surface area contributed by atoms with Crippen LogP contribution < -0.4 is 0 Å². The third kappa shape index (κ3) is 5.18. The van der Waals surface area contributed by atoms with Crippen molar-refractivity contribution >= 4 is 40.4 Å². The number of rotatable bonds is 6. The molecule has 0 unspecified atom stereocenters. The van der Waals surface area contributed by atoms with E-state index in [9.17, 15) is 18.0 Å². The van der Waals surface area contributed by atoms with Gasteiger partial charge in [-0.15, -0.1) is 0 Å². The van der Waals surface area contributed by atoms with Gasteiger partial charge in [-0.3, -0.25) is 0 Å². The zero-order chi connectivity index (χ0) is 26.2. The predicted octanol–water partition coefficient (Wildman–Crippen LogP) is 7.86. The Bertz CT molecular complexity index is 1530. The molecular weight excluding hydrogens is 501 g/mol. The molecule has 0 atom stereocenters. The van der Waals surface area contributed by atoms with Crippen molar-refractivity contribution in [2.75, 3.05) is 0 Å². The number of halogens is 4. The highest BCUT2D eigenvalue weighted by molar-refractivity contribution is 6.33. The fourth-order valence-corrected chi connectivity index (χ4v) is 4.92. The number of pyridine rings is 1. The lowest BCUT2D eigenvalue weighted by Crippen LogP contribution is -2.16. The van der Waals surface area contributed by atoms with Gasteiger partial charge in [0.15, 0.2) is 0 Å². The molecule has 188 valence electrons. The zero-order valence-corrected chi connectivity index (χ0v) is 20.3. The Morgan fingerprint density at radius 2 is 1.78 bits per heavy atom. The Labute approximate surface area is 216 Å². The molecule has 2 aromatic heterocycles. The topological polar surface area (TPSA) is 54.6 Å². The van der Waals surface area contributed by atoms with Gasteiger partial charge in [0, 0.05) is 29.7 Å². The van der Waals surface area contributed by atoms with Crippen LogP contribution >= 0.6 is 11.6 Å². The number of fused-ring (bicyclic) bond motifs is 1. The Balaban J connectivity index is 1.74. The molecule has 5 rings (SSSR count). The summed E-state index contributed by atoms with van der Waals surface area (Å²) in [5, 5.41) is 8.99. The lowest BCUT2D eigenvalue weighted by Gasteiger charge is -2.32. The van der Waals surface area contributed by atoms with Crippen LogP contribution in [-0.4, -0.2) is 20.5 Å². The number of allylic oxidation sites excluding steroid dienone is 1. The van der Waals surface area contributed by atoms with Gasteiger partial charge in [-0.05, 0) is 82.5 Å². The number of alkyl halides is 3. The SMILES string of the molecule is O=C(O)/C=C/c1ccc(/C(=C(\c2ccc(C(F)(F)F)cc2Cl)C2CCC2)c2ccc3nccn3c2)cc1. The van der Waals surface area contributed by atoms with Gasteiger partial charge in [-0.25, -0.2) is 9.78 Å². The molecule has 0 amide bonds. The van der Waals surface area contributed by atoms with Gasteiger partial charge in [0.05, 0.1) is 5.56 Å². The van der Waals surface area contributed by atoms with Crippen molar-refractivity contribution in [3.8, 4) is 0 Å². The second-order valence-corrected chi connectivity index (χ2v) is 9.42. The Kier molecular flexibility index (Phi) is 6.65. The number of carboxylic acids is 1. The smallest absolute Gasteiger partial charge is 0.416 e. The highest BCUT2D eigenvalue weighted by atomic mass is 35.5. The third-order valence-electron chi connectivity index (χ3n) is 6.66. The molecule has 0 bridgehead atoms. The summed E-state index contributed by atoms with van der Waals surface area (Å²) in [6, 6.07) is 14.8. The van der Waals surface area contributed by atoms with Crippen molar-refractivity contribution in [1.29, 1.82) is 0 Å². The second-order valence-electron chi connectivity index (χ2n) is 9.01. The Morgan fingerprint density at radius 1 is 1.05 bits per heavy atom. The van der Waals surface area contributed by atoms with E-state index >= 15 is 0 Å². The van der Waals surface area contributed by atoms with E-state index in [1.54, 1.807) is 6.20 Å². The van der Waals surface area contributed by atoms with Crippen LogP contribution in [0.2, 0.25) is 5.02 Å². The number of carboxylic acid groups (broad SMARTS) is 1. The van der Waals surface area contributed by atoms with Crippen molar-refractivity contribution in [2.24, 2.45) is 5.92 Å². The van der Waals surface area contributed by atoms with E-state index in [2.05, 4.69) is 4.98 Å². The van der Waals surface area contributed by atoms with Gasteiger partial charge in [0.2, 0.25) is 0 Å². The van der Waals surface area contributed by atoms with Crippen LogP contribution in [0.3, 0.4) is 0 Å². The molecule has 1 N–H and O–H groups in total. The summed E-state index contributed by atoms with van der Waals surface area (Å²) in [5.41, 5.74) is 4.78. The van der Waals surface area contributed by atoms with Crippen LogP contribution in [0.25, 0.3) is 22.9 Å². The lowest BCUT2D eigenvalue weighted by molar-refractivity contribution is -0.137. The zero-order valence-electron chi connectivity index (χ0n) is 19.5. The maximum atomic E-state index is 13.4. The average molecular weight is 523 g/mol. The van der Waals surface area contributed by atoms with Crippen molar-refractivity contribution in [3.63, 3.8) is 0 Å². The molecule has 2 aromatic carbocycles. The fourth-order valence-electron chi connectivity index (χ4n) is 4.64. The van der Waals surface area contributed by atoms with Gasteiger partial charge in [-0.2, -0.15) is 13.2 Å². The Morgan fingerprint density at radius 3 is 2.41 bits per heavy atom. The van der Waals surface area contributed by atoms with Crippen LogP contribution in [0.5, 0.6) is 0 Å². The van der Waals surface area contributed by atoms with Crippen molar-refractivity contribution in [3.05, 3.63) is 112 Å². The maximum Gasteiger partial charge on any atom is 0.416 e. The van der Waals surface area contributed by atoms with Crippen LogP contribution in [0.4, 0.5) is 13.2 Å². The van der Waals surface area contributed by atoms with E-state index < -0.39 is 17.7 Å². The summed E-state index contributed by atoms with van der Waals surface area (Å²) in [5.74, 6) is -0.906. The predicted molar refractivity (Wildman–Crippen MR) is 138 cm³/mol. The van der Waals surface area contributed by atoms with Gasteiger partial charge >= 0.3 is 12.1 Å². The third-order valence-corrected chi connectivity index (χ3v) is 6.98. The largest absolute Gasteiger partial charge is 0.478 e. The van der Waals surface area contributed by atoms with Crippen LogP contribution in [-0.2, 0) is 11.0 Å². The van der Waals surface area contributed by atoms with E-state index in [-0.39, 0.29) is 10.9 Å². The van der Waals surface area contributed by atoms with Crippen molar-refractivity contribution < 1.29 is 23.1 Å². The molecule has 1 saturated carbocycles. The molecule has 4 nitrogen and oxygen atoms in total. The summed E-state index contributed by atoms with van der Waals surface area (Å²) in [6.07, 6.45) is 6.41. The highest BCUT2D eigenvalue weighted by Crippen LogP contribution is 2.47. The van der Waals surface area contributed by atoms with Crippen LogP contribution in [0, 0.1) is 5.92 Å². The van der Waals surface area contributed by atoms with E-state index in [0.717, 1.165) is 65.4 Å². The molecule has 8 heteroatoms. The number of hydrogen-bond acceptors (Lipinski definition) is 2. The van der Waals surface area contributed by atoms with Gasteiger partial charge < -0.3 is 9.51 Å².